The van der Waals surface area contributed by atoms with E-state index in [0.29, 0.717) is 0 Å². The van der Waals surface area contributed by atoms with E-state index >= 15 is 0 Å². The Morgan fingerprint density at radius 3 is 2.60 bits per heavy atom. The van der Waals surface area contributed by atoms with Crippen LogP contribution in [0.4, 0.5) is 0 Å². The first-order chi connectivity index (χ1) is 9.67. The fourth-order valence-electron chi connectivity index (χ4n) is 4.37. The number of hydrogen-bond donors (Lipinski definition) is 1. The average Bonchev–Trinajstić information content (AvgIpc) is 2.49. The third kappa shape index (κ3) is 2.83. The summed E-state index contributed by atoms with van der Waals surface area (Å²) in [7, 11) is 0. The van der Waals surface area contributed by atoms with Gasteiger partial charge in [0.05, 0.1) is 0 Å². The Kier molecular flexibility index (Phi) is 4.26. The van der Waals surface area contributed by atoms with Crippen molar-refractivity contribution >= 4 is 12.6 Å². The van der Waals surface area contributed by atoms with Gasteiger partial charge in [-0.25, -0.2) is 0 Å². The molecule has 0 spiro atoms. The van der Waals surface area contributed by atoms with Crippen LogP contribution in [0.5, 0.6) is 0 Å². The van der Waals surface area contributed by atoms with Crippen molar-refractivity contribution in [2.24, 2.45) is 17.8 Å². The van der Waals surface area contributed by atoms with Gasteiger partial charge in [0.15, 0.2) is 0 Å². The molecular weight excluding hydrogens is 260 g/mol. The molecule has 1 heteroatoms. The zero-order valence-electron chi connectivity index (χ0n) is 12.5. The molecule has 4 atom stereocenters. The van der Waals surface area contributed by atoms with Crippen LogP contribution in [0.15, 0.2) is 35.7 Å². The second-order valence-electron chi connectivity index (χ2n) is 6.88. The van der Waals surface area contributed by atoms with Crippen LogP contribution in [0.2, 0.25) is 0 Å². The van der Waals surface area contributed by atoms with E-state index in [1.807, 2.05) is 0 Å². The summed E-state index contributed by atoms with van der Waals surface area (Å²) in [6.45, 7) is 6.17. The lowest BCUT2D eigenvalue weighted by Gasteiger charge is -2.41. The van der Waals surface area contributed by atoms with Crippen LogP contribution in [-0.4, -0.2) is 0 Å². The van der Waals surface area contributed by atoms with Gasteiger partial charge in [-0.05, 0) is 86.3 Å². The highest BCUT2D eigenvalue weighted by atomic mass is 32.1. The fraction of sp³-hybridized carbons (Fsp3) is 0.579. The van der Waals surface area contributed by atoms with Crippen molar-refractivity contribution in [3.63, 3.8) is 0 Å². The van der Waals surface area contributed by atoms with E-state index < -0.39 is 0 Å². The molecule has 2 aliphatic carbocycles. The summed E-state index contributed by atoms with van der Waals surface area (Å²) in [5.41, 5.74) is 2.87. The Labute approximate surface area is 129 Å². The van der Waals surface area contributed by atoms with E-state index in [-0.39, 0.29) is 0 Å². The molecule has 2 saturated carbocycles. The first-order valence-corrected chi connectivity index (χ1v) is 8.54. The molecule has 1 aromatic rings. The monoisotopic (exact) mass is 286 g/mol. The van der Waals surface area contributed by atoms with Gasteiger partial charge in [-0.1, -0.05) is 18.2 Å². The lowest BCUT2D eigenvalue weighted by Crippen LogP contribution is -2.29. The summed E-state index contributed by atoms with van der Waals surface area (Å²) in [6, 6.07) is 6.84. The van der Waals surface area contributed by atoms with Gasteiger partial charge in [0.2, 0.25) is 0 Å². The van der Waals surface area contributed by atoms with Gasteiger partial charge in [0.1, 0.15) is 0 Å². The van der Waals surface area contributed by atoms with Crippen LogP contribution in [0.25, 0.3) is 0 Å². The van der Waals surface area contributed by atoms with E-state index in [9.17, 15) is 0 Å². The number of aryl methyl sites for hydroxylation is 1. The molecule has 0 saturated heterocycles. The Balaban J connectivity index is 1.70. The minimum absolute atomic E-state index is 0.782. The summed E-state index contributed by atoms with van der Waals surface area (Å²) in [4.78, 5) is 1.12. The molecule has 108 valence electrons. The van der Waals surface area contributed by atoms with Gasteiger partial charge < -0.3 is 0 Å². The molecule has 0 N–H and O–H groups in total. The van der Waals surface area contributed by atoms with E-state index in [2.05, 4.69) is 50.4 Å². The molecule has 0 heterocycles. The predicted octanol–water partition coefficient (Wildman–Crippen LogP) is 5.77. The molecule has 20 heavy (non-hydrogen) atoms. The number of thiol groups is 1. The number of fused-ring (bicyclic) bond motifs is 1. The van der Waals surface area contributed by atoms with Gasteiger partial charge in [0.25, 0.3) is 0 Å². The molecule has 0 amide bonds. The second kappa shape index (κ2) is 5.97. The van der Waals surface area contributed by atoms with Gasteiger partial charge in [-0.2, -0.15) is 0 Å². The highest BCUT2D eigenvalue weighted by Crippen LogP contribution is 2.47. The summed E-state index contributed by atoms with van der Waals surface area (Å²) in [5, 5.41) is 0. The fourth-order valence-corrected chi connectivity index (χ4v) is 4.51. The maximum Gasteiger partial charge on any atom is 0.00694 e. The summed E-state index contributed by atoms with van der Waals surface area (Å²) < 4.78 is 0. The topological polar surface area (TPSA) is 0 Å². The minimum atomic E-state index is 0.782. The van der Waals surface area contributed by atoms with Crippen LogP contribution in [0, 0.1) is 24.7 Å². The highest BCUT2D eigenvalue weighted by molar-refractivity contribution is 7.80. The van der Waals surface area contributed by atoms with Crippen LogP contribution >= 0.6 is 12.6 Å². The lowest BCUT2D eigenvalue weighted by molar-refractivity contribution is 0.133. The van der Waals surface area contributed by atoms with Crippen LogP contribution in [0.1, 0.15) is 55.6 Å². The van der Waals surface area contributed by atoms with Gasteiger partial charge in [-0.3, -0.25) is 0 Å². The van der Waals surface area contributed by atoms with Crippen molar-refractivity contribution in [1.82, 2.24) is 0 Å². The van der Waals surface area contributed by atoms with Gasteiger partial charge >= 0.3 is 0 Å². The summed E-state index contributed by atoms with van der Waals surface area (Å²) in [6.07, 6.45) is 10.6. The standard InChI is InChI=1S/C19H26S/c1-3-14-4-5-17-12-18(7-6-16(17)11-14)15-8-9-19(20)13(2)10-15/h3,8-10,14,16-18,20H,1,4-7,11-12H2,2H3. The molecule has 3 rings (SSSR count). The van der Waals surface area contributed by atoms with Crippen LogP contribution in [0.3, 0.4) is 0 Å². The van der Waals surface area contributed by atoms with Crippen molar-refractivity contribution in [2.75, 3.05) is 0 Å². The van der Waals surface area contributed by atoms with E-state index in [1.165, 1.54) is 44.1 Å². The van der Waals surface area contributed by atoms with Gasteiger partial charge in [-0.15, -0.1) is 19.2 Å². The first-order valence-electron chi connectivity index (χ1n) is 8.09. The predicted molar refractivity (Wildman–Crippen MR) is 89.5 cm³/mol. The normalized spacial score (nSPS) is 33.5. The zero-order chi connectivity index (χ0) is 14.1. The molecule has 0 aromatic heterocycles. The largest absolute Gasteiger partial charge is 0.143 e. The Hall–Kier alpha value is -0.690. The minimum Gasteiger partial charge on any atom is -0.143 e. The molecule has 2 fully saturated rings. The molecule has 1 aromatic carbocycles. The third-order valence-corrected chi connectivity index (χ3v) is 6.18. The van der Waals surface area contributed by atoms with Crippen LogP contribution in [-0.2, 0) is 0 Å². The molecule has 0 bridgehead atoms. The van der Waals surface area contributed by atoms with Crippen molar-refractivity contribution < 1.29 is 0 Å². The SMILES string of the molecule is C=CC1CCC2CC(c3ccc(S)c(C)c3)CCC2C1. The Morgan fingerprint density at radius 2 is 1.85 bits per heavy atom. The van der Waals surface area contributed by atoms with Gasteiger partial charge in [0, 0.05) is 4.90 Å². The first kappa shape index (κ1) is 14.3. The molecular formula is C19H26S. The summed E-state index contributed by atoms with van der Waals surface area (Å²) in [5.74, 6) is 3.50. The van der Waals surface area contributed by atoms with Crippen LogP contribution < -0.4 is 0 Å². The lowest BCUT2D eigenvalue weighted by atomic mass is 9.64. The quantitative estimate of drug-likeness (QED) is 0.518. The van der Waals surface area contributed by atoms with E-state index in [1.54, 1.807) is 5.56 Å². The third-order valence-electron chi connectivity index (χ3n) is 5.68. The van der Waals surface area contributed by atoms with Crippen molar-refractivity contribution in [1.29, 1.82) is 0 Å². The van der Waals surface area contributed by atoms with E-state index in [4.69, 9.17) is 0 Å². The number of benzene rings is 1. The Bertz CT molecular complexity index is 491. The maximum absolute atomic E-state index is 4.49. The second-order valence-corrected chi connectivity index (χ2v) is 7.37. The van der Waals surface area contributed by atoms with Crippen molar-refractivity contribution in [3.05, 3.63) is 42.0 Å². The maximum atomic E-state index is 4.49. The van der Waals surface area contributed by atoms with Crippen molar-refractivity contribution in [2.45, 2.75) is 56.3 Å². The number of allylic oxidation sites excluding steroid dienone is 1. The van der Waals surface area contributed by atoms with Crippen molar-refractivity contribution in [3.8, 4) is 0 Å². The average molecular weight is 286 g/mol. The molecule has 2 aliphatic rings. The molecule has 4 unspecified atom stereocenters. The molecule has 0 aliphatic heterocycles. The zero-order valence-corrected chi connectivity index (χ0v) is 13.4. The smallest absolute Gasteiger partial charge is 0.00694 e. The van der Waals surface area contributed by atoms with E-state index in [0.717, 1.165) is 28.6 Å². The molecule has 0 radical (unpaired) electrons. The number of hydrogen-bond acceptors (Lipinski definition) is 1. The Morgan fingerprint density at radius 1 is 1.10 bits per heavy atom. The number of rotatable bonds is 2. The summed E-state index contributed by atoms with van der Waals surface area (Å²) >= 11 is 4.49. The highest BCUT2D eigenvalue weighted by Gasteiger charge is 2.35. The molecule has 0 nitrogen and oxygen atoms in total.